The van der Waals surface area contributed by atoms with Gasteiger partial charge >= 0.3 is 6.18 Å². The first-order chi connectivity index (χ1) is 13.7. The number of carbonyl (C=O) groups is 1. The van der Waals surface area contributed by atoms with Crippen molar-refractivity contribution in [1.82, 2.24) is 10.5 Å². The molecule has 29 heavy (non-hydrogen) atoms. The molecule has 0 spiro atoms. The van der Waals surface area contributed by atoms with E-state index in [9.17, 15) is 26.4 Å². The van der Waals surface area contributed by atoms with Crippen molar-refractivity contribution < 1.29 is 30.9 Å². The smallest absolute Gasteiger partial charge is 0.363 e. The van der Waals surface area contributed by atoms with Gasteiger partial charge in [0, 0.05) is 18.2 Å². The number of halogens is 3. The Bertz CT molecular complexity index is 1100. The van der Waals surface area contributed by atoms with Gasteiger partial charge < -0.3 is 9.84 Å². The molecule has 0 aliphatic carbocycles. The van der Waals surface area contributed by atoms with E-state index < -0.39 is 32.6 Å². The highest BCUT2D eigenvalue weighted by Gasteiger charge is 2.33. The van der Waals surface area contributed by atoms with E-state index in [2.05, 4.69) is 15.0 Å². The second kappa shape index (κ2) is 7.95. The Labute approximate surface area is 163 Å². The van der Waals surface area contributed by atoms with Crippen molar-refractivity contribution in [3.05, 3.63) is 77.6 Å². The Morgan fingerprint density at radius 2 is 1.79 bits per heavy atom. The summed E-state index contributed by atoms with van der Waals surface area (Å²) in [6.07, 6.45) is -3.64. The molecule has 152 valence electrons. The Morgan fingerprint density at radius 3 is 2.41 bits per heavy atom. The molecule has 0 aliphatic rings. The fourth-order valence-electron chi connectivity index (χ4n) is 2.45. The summed E-state index contributed by atoms with van der Waals surface area (Å²) in [5, 5.41) is 5.88. The highest BCUT2D eigenvalue weighted by atomic mass is 32.2. The maximum Gasteiger partial charge on any atom is 0.416 e. The van der Waals surface area contributed by atoms with E-state index in [1.165, 1.54) is 6.07 Å². The molecule has 0 bridgehead atoms. The van der Waals surface area contributed by atoms with Gasteiger partial charge in [0.05, 0.1) is 10.5 Å². The first-order valence-electron chi connectivity index (χ1n) is 8.13. The number of nitrogens with one attached hydrogen (secondary N) is 2. The average molecular weight is 425 g/mol. The van der Waals surface area contributed by atoms with Gasteiger partial charge in [-0.05, 0) is 29.8 Å². The number of sulfonamides is 1. The third-order valence-corrected chi connectivity index (χ3v) is 5.27. The van der Waals surface area contributed by atoms with Crippen molar-refractivity contribution in [2.24, 2.45) is 0 Å². The van der Waals surface area contributed by atoms with Crippen molar-refractivity contribution in [3.63, 3.8) is 0 Å². The topological polar surface area (TPSA) is 101 Å². The van der Waals surface area contributed by atoms with Crippen LogP contribution in [0.2, 0.25) is 0 Å². The van der Waals surface area contributed by atoms with Gasteiger partial charge in [-0.3, -0.25) is 9.52 Å². The normalized spacial score (nSPS) is 11.8. The molecule has 0 saturated heterocycles. The molecule has 1 aromatic heterocycles. The quantitative estimate of drug-likeness (QED) is 0.630. The molecule has 0 radical (unpaired) electrons. The number of hydrogen-bond donors (Lipinski definition) is 2. The van der Waals surface area contributed by atoms with E-state index in [1.807, 2.05) is 4.72 Å². The number of hydrogen-bond acceptors (Lipinski definition) is 5. The van der Waals surface area contributed by atoms with E-state index in [4.69, 9.17) is 0 Å². The summed E-state index contributed by atoms with van der Waals surface area (Å²) in [7, 11) is -4.43. The van der Waals surface area contributed by atoms with Gasteiger partial charge in [0.25, 0.3) is 15.9 Å². The van der Waals surface area contributed by atoms with Gasteiger partial charge in [0.15, 0.2) is 5.82 Å². The number of nitrogens with zero attached hydrogens (tertiary/aromatic N) is 1. The lowest BCUT2D eigenvalue weighted by molar-refractivity contribution is -0.137. The van der Waals surface area contributed by atoms with Crippen LogP contribution in [0.4, 0.5) is 19.0 Å². The minimum absolute atomic E-state index is 0.0294. The van der Waals surface area contributed by atoms with Gasteiger partial charge in [-0.15, -0.1) is 0 Å². The number of amides is 1. The monoisotopic (exact) mass is 425 g/mol. The first-order valence-corrected chi connectivity index (χ1v) is 9.62. The molecule has 0 atom stereocenters. The van der Waals surface area contributed by atoms with Crippen molar-refractivity contribution >= 4 is 21.7 Å². The fraction of sp³-hybridized carbons (Fsp3) is 0.111. The lowest BCUT2D eigenvalue weighted by Gasteiger charge is -2.15. The molecule has 3 aromatic rings. The highest BCUT2D eigenvalue weighted by Crippen LogP contribution is 2.32. The minimum atomic E-state index is -4.75. The number of rotatable bonds is 6. The van der Waals surface area contributed by atoms with Crippen LogP contribution >= 0.6 is 0 Å². The number of anilines is 1. The zero-order valence-corrected chi connectivity index (χ0v) is 15.4. The van der Waals surface area contributed by atoms with Crippen molar-refractivity contribution in [2.75, 3.05) is 4.72 Å². The Hall–Kier alpha value is -3.34. The molecule has 0 aliphatic heterocycles. The van der Waals surface area contributed by atoms with Crippen LogP contribution in [0.5, 0.6) is 0 Å². The summed E-state index contributed by atoms with van der Waals surface area (Å²) in [6, 6.07) is 11.6. The van der Waals surface area contributed by atoms with E-state index >= 15 is 0 Å². The van der Waals surface area contributed by atoms with Crippen LogP contribution < -0.4 is 10.0 Å². The second-order valence-electron chi connectivity index (χ2n) is 5.86. The maximum absolute atomic E-state index is 13.1. The standard InChI is InChI=1S/C18H14F3N3O4S/c19-18(20,21)14-7-6-13(11-22-17(25)12-4-2-1-3-5-12)15(10-14)29(26,27)24-16-8-9-28-23-16/h1-10H,11H2,(H,22,25)(H,23,24). The molecular formula is C18H14F3N3O4S. The van der Waals surface area contributed by atoms with E-state index in [0.29, 0.717) is 11.6 Å². The largest absolute Gasteiger partial charge is 0.416 e. The van der Waals surface area contributed by atoms with Crippen molar-refractivity contribution in [2.45, 2.75) is 17.6 Å². The van der Waals surface area contributed by atoms with Gasteiger partial charge in [0.1, 0.15) is 6.26 Å². The van der Waals surface area contributed by atoms with Crippen LogP contribution in [-0.4, -0.2) is 19.5 Å². The second-order valence-corrected chi connectivity index (χ2v) is 7.51. The van der Waals surface area contributed by atoms with Crippen LogP contribution in [0, 0.1) is 0 Å². The zero-order valence-electron chi connectivity index (χ0n) is 14.6. The lowest BCUT2D eigenvalue weighted by Crippen LogP contribution is -2.25. The fourth-order valence-corrected chi connectivity index (χ4v) is 3.71. The molecule has 2 N–H and O–H groups in total. The van der Waals surface area contributed by atoms with Crippen LogP contribution in [0.1, 0.15) is 21.5 Å². The summed E-state index contributed by atoms with van der Waals surface area (Å²) >= 11 is 0. The third-order valence-electron chi connectivity index (χ3n) is 3.84. The SMILES string of the molecule is O=C(NCc1ccc(C(F)(F)F)cc1S(=O)(=O)Nc1ccon1)c1ccccc1. The summed E-state index contributed by atoms with van der Waals surface area (Å²) in [5.74, 6) is -0.694. The summed E-state index contributed by atoms with van der Waals surface area (Å²) in [6.45, 7) is -0.305. The van der Waals surface area contributed by atoms with Crippen LogP contribution in [0.25, 0.3) is 0 Å². The van der Waals surface area contributed by atoms with E-state index in [-0.39, 0.29) is 17.9 Å². The predicted molar refractivity (Wildman–Crippen MR) is 96.4 cm³/mol. The van der Waals surface area contributed by atoms with Gasteiger partial charge in [-0.25, -0.2) is 8.42 Å². The molecule has 0 saturated carbocycles. The summed E-state index contributed by atoms with van der Waals surface area (Å²) in [5.41, 5.74) is -0.848. The Morgan fingerprint density at radius 1 is 1.07 bits per heavy atom. The number of benzene rings is 2. The van der Waals surface area contributed by atoms with Crippen LogP contribution in [0.3, 0.4) is 0 Å². The van der Waals surface area contributed by atoms with Crippen molar-refractivity contribution in [3.8, 4) is 0 Å². The number of aromatic nitrogens is 1. The zero-order chi connectivity index (χ0) is 21.1. The molecule has 1 amide bonds. The van der Waals surface area contributed by atoms with Gasteiger partial charge in [-0.2, -0.15) is 13.2 Å². The van der Waals surface area contributed by atoms with E-state index in [1.54, 1.807) is 30.3 Å². The molecule has 11 heteroatoms. The number of alkyl halides is 3. The minimum Gasteiger partial charge on any atom is -0.363 e. The highest BCUT2D eigenvalue weighted by molar-refractivity contribution is 7.92. The molecule has 0 fully saturated rings. The first kappa shape index (κ1) is 20.4. The maximum atomic E-state index is 13.1. The molecular weight excluding hydrogens is 411 g/mol. The molecule has 2 aromatic carbocycles. The Kier molecular flexibility index (Phi) is 5.59. The van der Waals surface area contributed by atoms with Crippen LogP contribution in [-0.2, 0) is 22.7 Å². The van der Waals surface area contributed by atoms with Gasteiger partial charge in [-0.1, -0.05) is 29.4 Å². The average Bonchev–Trinajstić information content (AvgIpc) is 3.18. The molecule has 3 rings (SSSR count). The molecule has 1 heterocycles. The summed E-state index contributed by atoms with van der Waals surface area (Å²) in [4.78, 5) is 11.5. The number of carbonyl (C=O) groups excluding carboxylic acids is 1. The predicted octanol–water partition coefficient (Wildman–Crippen LogP) is 3.42. The Balaban J connectivity index is 1.92. The van der Waals surface area contributed by atoms with Crippen molar-refractivity contribution in [1.29, 1.82) is 0 Å². The van der Waals surface area contributed by atoms with Crippen LogP contribution in [0.15, 0.2) is 70.3 Å². The molecule has 7 nitrogen and oxygen atoms in total. The summed E-state index contributed by atoms with van der Waals surface area (Å²) < 4.78 is 71.1. The van der Waals surface area contributed by atoms with E-state index in [0.717, 1.165) is 18.4 Å². The third kappa shape index (κ3) is 4.93. The lowest BCUT2D eigenvalue weighted by atomic mass is 10.1. The van der Waals surface area contributed by atoms with Gasteiger partial charge in [0.2, 0.25) is 0 Å². The molecule has 0 unspecified atom stereocenters.